The summed E-state index contributed by atoms with van der Waals surface area (Å²) in [5, 5.41) is 15.3. The van der Waals surface area contributed by atoms with Gasteiger partial charge < -0.3 is 15.7 Å². The predicted molar refractivity (Wildman–Crippen MR) is 82.1 cm³/mol. The first-order valence-electron chi connectivity index (χ1n) is 7.25. The molecule has 1 fully saturated rings. The van der Waals surface area contributed by atoms with Crippen LogP contribution < -0.4 is 10.6 Å². The third-order valence-electron chi connectivity index (χ3n) is 3.65. The van der Waals surface area contributed by atoms with Gasteiger partial charge in [-0.25, -0.2) is 9.59 Å². The maximum absolute atomic E-state index is 11.9. The van der Waals surface area contributed by atoms with Gasteiger partial charge in [-0.2, -0.15) is 11.8 Å². The van der Waals surface area contributed by atoms with Crippen LogP contribution in [0.3, 0.4) is 0 Å². The molecule has 0 radical (unpaired) electrons. The number of nitrogens with one attached hydrogen (secondary N) is 2. The Morgan fingerprint density at radius 2 is 1.85 bits per heavy atom. The number of carboxylic acids is 1. The number of hydrogen-bond acceptors (Lipinski definition) is 3. The van der Waals surface area contributed by atoms with Crippen molar-refractivity contribution in [1.29, 1.82) is 0 Å². The summed E-state index contributed by atoms with van der Waals surface area (Å²) in [6, 6.07) is -0.991. The Hall–Kier alpha value is -0.910. The first kappa shape index (κ1) is 17.1. The summed E-state index contributed by atoms with van der Waals surface area (Å²) in [6.07, 6.45) is 6.74. The van der Waals surface area contributed by atoms with Gasteiger partial charge in [0.25, 0.3) is 0 Å². The molecule has 0 aliphatic heterocycles. The number of carbonyl (C=O) groups is 2. The summed E-state index contributed by atoms with van der Waals surface area (Å²) in [7, 11) is 0. The first-order valence-corrected chi connectivity index (χ1v) is 8.53. The molecule has 0 aromatic heterocycles. The van der Waals surface area contributed by atoms with Crippen LogP contribution in [-0.2, 0) is 4.79 Å². The van der Waals surface area contributed by atoms with E-state index < -0.39 is 12.0 Å². The van der Waals surface area contributed by atoms with Crippen LogP contribution in [-0.4, -0.2) is 40.7 Å². The Labute approximate surface area is 125 Å². The zero-order chi connectivity index (χ0) is 15.1. The Morgan fingerprint density at radius 1 is 1.25 bits per heavy atom. The lowest BCUT2D eigenvalue weighted by atomic mass is 9.95. The minimum Gasteiger partial charge on any atom is -0.480 e. The first-order chi connectivity index (χ1) is 9.42. The van der Waals surface area contributed by atoms with Crippen molar-refractivity contribution >= 4 is 23.8 Å². The van der Waals surface area contributed by atoms with Gasteiger partial charge in [0, 0.05) is 11.3 Å². The standard InChI is InChI=1S/C14H26N2O3S/c1-9(2)8-12(13(17)18)16-14(19)15-10-4-6-11(20-3)7-5-10/h9-12H,4-8H2,1-3H3,(H,17,18)(H2,15,16,19)/t10?,11?,12-/m0/s1. The Kier molecular flexibility index (Phi) is 7.19. The quantitative estimate of drug-likeness (QED) is 0.704. The molecule has 1 rings (SSSR count). The fourth-order valence-corrected chi connectivity index (χ4v) is 3.26. The second kappa shape index (κ2) is 8.39. The van der Waals surface area contributed by atoms with Gasteiger partial charge in [-0.05, 0) is 44.3 Å². The van der Waals surface area contributed by atoms with Crippen LogP contribution in [0.5, 0.6) is 0 Å². The second-order valence-electron chi connectivity index (χ2n) is 5.85. The highest BCUT2D eigenvalue weighted by Crippen LogP contribution is 2.26. The molecule has 0 aromatic carbocycles. The van der Waals surface area contributed by atoms with Crippen molar-refractivity contribution < 1.29 is 14.7 Å². The van der Waals surface area contributed by atoms with E-state index in [0.29, 0.717) is 11.7 Å². The second-order valence-corrected chi connectivity index (χ2v) is 6.99. The van der Waals surface area contributed by atoms with E-state index in [-0.39, 0.29) is 18.0 Å². The highest BCUT2D eigenvalue weighted by molar-refractivity contribution is 7.99. The molecule has 6 heteroatoms. The van der Waals surface area contributed by atoms with Gasteiger partial charge in [0.1, 0.15) is 6.04 Å². The maximum atomic E-state index is 11.9. The monoisotopic (exact) mass is 302 g/mol. The van der Waals surface area contributed by atoms with Crippen LogP contribution in [0.15, 0.2) is 0 Å². The van der Waals surface area contributed by atoms with Gasteiger partial charge in [-0.3, -0.25) is 0 Å². The fourth-order valence-electron chi connectivity index (χ4n) is 2.52. The highest BCUT2D eigenvalue weighted by Gasteiger charge is 2.25. The molecule has 1 aliphatic carbocycles. The number of carboxylic acid groups (broad SMARTS) is 1. The molecule has 0 spiro atoms. The maximum Gasteiger partial charge on any atom is 0.326 e. The lowest BCUT2D eigenvalue weighted by molar-refractivity contribution is -0.139. The SMILES string of the molecule is CSC1CCC(NC(=O)N[C@@H](CC(C)C)C(=O)O)CC1. The van der Waals surface area contributed by atoms with Gasteiger partial charge >= 0.3 is 12.0 Å². The number of carbonyl (C=O) groups excluding carboxylic acids is 1. The number of aliphatic carboxylic acids is 1. The van der Waals surface area contributed by atoms with Crippen molar-refractivity contribution in [1.82, 2.24) is 10.6 Å². The molecule has 0 saturated heterocycles. The number of thioether (sulfide) groups is 1. The van der Waals surface area contributed by atoms with E-state index in [1.807, 2.05) is 25.6 Å². The summed E-state index contributed by atoms with van der Waals surface area (Å²) in [6.45, 7) is 3.89. The summed E-state index contributed by atoms with van der Waals surface area (Å²) in [5.41, 5.74) is 0. The van der Waals surface area contributed by atoms with Gasteiger partial charge in [0.15, 0.2) is 0 Å². The van der Waals surface area contributed by atoms with Crippen molar-refractivity contribution in [3.8, 4) is 0 Å². The molecule has 2 amide bonds. The van der Waals surface area contributed by atoms with Gasteiger partial charge in [0.05, 0.1) is 0 Å². The van der Waals surface area contributed by atoms with Gasteiger partial charge in [-0.15, -0.1) is 0 Å². The zero-order valence-corrected chi connectivity index (χ0v) is 13.3. The average molecular weight is 302 g/mol. The molecule has 1 atom stereocenters. The normalized spacial score (nSPS) is 24.2. The van der Waals surface area contributed by atoms with Crippen LogP contribution in [0, 0.1) is 5.92 Å². The molecule has 20 heavy (non-hydrogen) atoms. The van der Waals surface area contributed by atoms with Crippen LogP contribution in [0.2, 0.25) is 0 Å². The summed E-state index contributed by atoms with van der Waals surface area (Å²) < 4.78 is 0. The topological polar surface area (TPSA) is 78.4 Å². The van der Waals surface area contributed by atoms with E-state index in [2.05, 4.69) is 16.9 Å². The number of rotatable bonds is 6. The molecule has 0 aromatic rings. The molecule has 0 heterocycles. The lowest BCUT2D eigenvalue weighted by Crippen LogP contribution is -2.50. The molecule has 116 valence electrons. The molecule has 3 N–H and O–H groups in total. The third-order valence-corrected chi connectivity index (χ3v) is 4.79. The summed E-state index contributed by atoms with van der Waals surface area (Å²) >= 11 is 1.88. The molecular formula is C14H26N2O3S. The lowest BCUT2D eigenvalue weighted by Gasteiger charge is -2.28. The van der Waals surface area contributed by atoms with Crippen molar-refractivity contribution in [3.05, 3.63) is 0 Å². The largest absolute Gasteiger partial charge is 0.480 e. The Morgan fingerprint density at radius 3 is 2.30 bits per heavy atom. The zero-order valence-electron chi connectivity index (χ0n) is 12.5. The van der Waals surface area contributed by atoms with Crippen LogP contribution in [0.4, 0.5) is 4.79 Å². The van der Waals surface area contributed by atoms with Crippen LogP contribution in [0.25, 0.3) is 0 Å². The minimum atomic E-state index is -0.972. The van der Waals surface area contributed by atoms with Gasteiger partial charge in [0.2, 0.25) is 0 Å². The van der Waals surface area contributed by atoms with E-state index >= 15 is 0 Å². The molecule has 1 aliphatic rings. The van der Waals surface area contributed by atoms with Gasteiger partial charge in [-0.1, -0.05) is 13.8 Å². The third kappa shape index (κ3) is 6.03. The number of hydrogen-bond donors (Lipinski definition) is 3. The molecular weight excluding hydrogens is 276 g/mol. The van der Waals surface area contributed by atoms with E-state index in [1.54, 1.807) is 0 Å². The van der Waals surface area contributed by atoms with E-state index in [9.17, 15) is 9.59 Å². The number of urea groups is 1. The van der Waals surface area contributed by atoms with Crippen LogP contribution in [0.1, 0.15) is 46.0 Å². The van der Waals surface area contributed by atoms with Crippen molar-refractivity contribution in [2.75, 3.05) is 6.26 Å². The number of amides is 2. The minimum absolute atomic E-state index is 0.173. The van der Waals surface area contributed by atoms with Crippen molar-refractivity contribution in [2.45, 2.75) is 63.3 Å². The molecule has 5 nitrogen and oxygen atoms in total. The van der Waals surface area contributed by atoms with E-state index in [0.717, 1.165) is 25.7 Å². The fraction of sp³-hybridized carbons (Fsp3) is 0.857. The van der Waals surface area contributed by atoms with Crippen molar-refractivity contribution in [3.63, 3.8) is 0 Å². The average Bonchev–Trinajstić information content (AvgIpc) is 2.38. The smallest absolute Gasteiger partial charge is 0.326 e. The summed E-state index contributed by atoms with van der Waals surface area (Å²) in [4.78, 5) is 23.0. The van der Waals surface area contributed by atoms with E-state index in [1.165, 1.54) is 0 Å². The Bertz CT molecular complexity index is 328. The van der Waals surface area contributed by atoms with Crippen LogP contribution >= 0.6 is 11.8 Å². The summed E-state index contributed by atoms with van der Waals surface area (Å²) in [5.74, 6) is -0.742. The Balaban J connectivity index is 2.36. The molecule has 1 saturated carbocycles. The van der Waals surface area contributed by atoms with E-state index in [4.69, 9.17) is 5.11 Å². The van der Waals surface area contributed by atoms with Crippen molar-refractivity contribution in [2.24, 2.45) is 5.92 Å². The molecule has 0 unspecified atom stereocenters. The molecule has 0 bridgehead atoms. The highest BCUT2D eigenvalue weighted by atomic mass is 32.2. The predicted octanol–water partition coefficient (Wildman–Crippen LogP) is 2.46.